The number of amides is 8. The number of phenolic OH excluding ortho intramolecular Hbond substituents is 1. The van der Waals surface area contributed by atoms with Gasteiger partial charge in [0.15, 0.2) is 49.9 Å². The van der Waals surface area contributed by atoms with E-state index in [0.29, 0.717) is 82.9 Å². The molecule has 4 aromatic carbocycles. The number of nitrogens with zero attached hydrogens (tertiary/aromatic N) is 8. The van der Waals surface area contributed by atoms with Gasteiger partial charge >= 0.3 is 24.4 Å². The Labute approximate surface area is 804 Å². The highest BCUT2D eigenvalue weighted by molar-refractivity contribution is 14.1. The summed E-state index contributed by atoms with van der Waals surface area (Å²) in [6, 6.07) is 12.2. The molecule has 8 aliphatic rings. The van der Waals surface area contributed by atoms with Crippen LogP contribution in [-0.4, -0.2) is 189 Å². The monoisotopic (exact) mass is 1990 g/mol. The average molecular weight is 1990 g/mol. The van der Waals surface area contributed by atoms with Crippen LogP contribution in [0.2, 0.25) is 54.4 Å². The van der Waals surface area contributed by atoms with Crippen molar-refractivity contribution in [2.45, 2.75) is 267 Å². The number of carbonyl (C=O) groups is 8. The molecule has 0 saturated heterocycles. The van der Waals surface area contributed by atoms with Gasteiger partial charge in [0.05, 0.1) is 75.8 Å². The number of phenols is 1. The molecule has 8 heterocycles. The lowest BCUT2D eigenvalue weighted by Crippen LogP contribution is -2.57. The number of halogens is 1. The Morgan fingerprint density at radius 1 is 0.406 bits per heavy atom. The number of ether oxygens (including phenoxy) is 5. The molecule has 0 bridgehead atoms. The summed E-state index contributed by atoms with van der Waals surface area (Å²) in [5, 5.41) is 21.2. The van der Waals surface area contributed by atoms with Crippen molar-refractivity contribution >= 4 is 118 Å². The number of alkyl halides is 1. The third kappa shape index (κ3) is 23.4. The second kappa shape index (κ2) is 43.9. The minimum absolute atomic E-state index is 0.00801. The Balaban J connectivity index is 0.000000200. The highest BCUT2D eigenvalue weighted by Gasteiger charge is 2.56. The van der Waals surface area contributed by atoms with Crippen molar-refractivity contribution in [2.75, 3.05) is 57.1 Å². The number of rotatable bonds is 22. The van der Waals surface area contributed by atoms with E-state index in [1.54, 1.807) is 68.0 Å². The van der Waals surface area contributed by atoms with Gasteiger partial charge in [-0.15, -0.1) is 0 Å². The molecule has 8 atom stereocenters. The zero-order valence-corrected chi connectivity index (χ0v) is 87.6. The van der Waals surface area contributed by atoms with E-state index in [1.165, 1.54) is 39.0 Å². The molecule has 8 amide bonds. The number of carbonyl (C=O) groups excluding carboxylic acids is 8. The van der Waals surface area contributed by atoms with Crippen molar-refractivity contribution in [1.82, 2.24) is 19.6 Å². The number of aliphatic hydroxyl groups excluding tert-OH is 1. The first kappa shape index (κ1) is 106. The largest absolute Gasteiger partial charge is 0.508 e. The van der Waals surface area contributed by atoms with Crippen LogP contribution in [0.4, 0.5) is 41.9 Å². The zero-order valence-electron chi connectivity index (χ0n) is 82.5. The lowest BCUT2D eigenvalue weighted by atomic mass is 10.0. The van der Waals surface area contributed by atoms with E-state index in [4.69, 9.17) is 37.0 Å². The fourth-order valence-corrected chi connectivity index (χ4v) is 19.8. The number of benzene rings is 4. The van der Waals surface area contributed by atoms with Crippen molar-refractivity contribution in [3.63, 3.8) is 0 Å². The average Bonchev–Trinajstić information content (AvgIpc) is 1.62. The highest BCUT2D eigenvalue weighted by atomic mass is 127. The normalized spacial score (nSPS) is 20.6. The van der Waals surface area contributed by atoms with Gasteiger partial charge in [0.25, 0.3) is 23.6 Å². The van der Waals surface area contributed by atoms with E-state index >= 15 is 0 Å². The second-order valence-corrected chi connectivity index (χ2v) is 54.4. The van der Waals surface area contributed by atoms with Gasteiger partial charge in [0.1, 0.15) is 37.9 Å². The third-order valence-electron chi connectivity index (χ3n) is 26.3. The first-order valence-corrected chi connectivity index (χ1v) is 55.7. The number of aryl methyl sites for hydroxylation is 6. The van der Waals surface area contributed by atoms with Crippen LogP contribution in [0.5, 0.6) is 11.5 Å². The first-order chi connectivity index (χ1) is 62.4. The Hall–Kier alpha value is -10.5. The topological polar surface area (TPSA) is 277 Å². The summed E-state index contributed by atoms with van der Waals surface area (Å²) in [6.45, 7) is 66.6. The van der Waals surface area contributed by atoms with Crippen LogP contribution >= 0.6 is 22.6 Å². The molecule has 8 aliphatic heterocycles. The molecule has 133 heavy (non-hydrogen) atoms. The van der Waals surface area contributed by atoms with E-state index in [9.17, 15) is 48.6 Å². The van der Waals surface area contributed by atoms with Gasteiger partial charge in [-0.1, -0.05) is 184 Å². The van der Waals surface area contributed by atoms with Crippen LogP contribution in [0.1, 0.15) is 197 Å². The van der Waals surface area contributed by atoms with E-state index in [2.05, 4.69) is 151 Å². The minimum atomic E-state index is -2.41. The minimum Gasteiger partial charge on any atom is -0.508 e. The fourth-order valence-electron chi connectivity index (χ4n) is 15.8. The molecular formula is C103H139IN8O18Si3. The van der Waals surface area contributed by atoms with Gasteiger partial charge in [-0.2, -0.15) is 0 Å². The number of aliphatic hydroxyl groups is 1. The molecule has 0 aliphatic carbocycles. The van der Waals surface area contributed by atoms with E-state index in [-0.39, 0.29) is 82.6 Å². The Morgan fingerprint density at radius 3 is 0.970 bits per heavy atom. The third-order valence-corrected chi connectivity index (χ3v) is 40.4. The van der Waals surface area contributed by atoms with Crippen molar-refractivity contribution in [3.05, 3.63) is 250 Å². The van der Waals surface area contributed by atoms with Gasteiger partial charge in [-0.3, -0.25) is 19.2 Å². The molecule has 0 saturated carbocycles. The number of fused-ring (bicyclic) bond motifs is 8. The van der Waals surface area contributed by atoms with E-state index < -0.39 is 92.4 Å². The summed E-state index contributed by atoms with van der Waals surface area (Å²) in [7, 11) is -7.17. The van der Waals surface area contributed by atoms with Gasteiger partial charge in [0.2, 0.25) is 0 Å². The van der Waals surface area contributed by atoms with Crippen LogP contribution in [0.15, 0.2) is 195 Å². The van der Waals surface area contributed by atoms with Gasteiger partial charge < -0.3 is 66.8 Å². The standard InChI is InChI=1S/C29H41IN2O5Si.C27H38N2O4Si.C26H36N2O5Si.C21H24N2O4/c1-9-12-21-17-24-27(37-38(7,8)29(4,5)6)32(28(34)36-14-10-2)23-18-25(35-15-11-13-30)20(3)16-22(23)26(33)31(24)19-21;1-10-12-20-16-23-25(33-34(8,9)27(5,6)7)29(26(31)32-13-11-2)22-15-19(4)18(3)14-21(22)24(30)28(23)17-20;1-9-11-18-14-21-24(33-34(7,8)26(4,5)6)28(25(31)32-12-10-2)20-15-22(29)17(3)13-19(20)23(30)27(21)16-18;1-5-7-15-11-18-20(25)23(21(26)27-8-6-2)17-10-14(4)13(3)9-16(17)19(24)22(18)12-15/h9-10,12,16,18-19,24,27H,2,11,13-15,17H2,1,3-8H3;10-12,14-15,17,23,25H,2,13,16H2,1,3-9H3;9-11,13,15-16,21,24,29H,2,12,14H2,1,3-8H3;5-7,9-10,12,18,20,25H,2,8,11H2,1,3-4H3/b12-9+;12-10+;11-9+;7-5+/t24-,27-;23-,25-;21-,24-;18-,20-/m0000/s1. The Kier molecular flexibility index (Phi) is 35.1. The van der Waals surface area contributed by atoms with Gasteiger partial charge in [0, 0.05) is 41.4 Å². The highest BCUT2D eigenvalue weighted by Crippen LogP contribution is 2.50. The molecule has 0 aromatic heterocycles. The zero-order chi connectivity index (χ0) is 98.8. The molecule has 4 aromatic rings. The predicted octanol–water partition coefficient (Wildman–Crippen LogP) is 23.1. The van der Waals surface area contributed by atoms with Gasteiger partial charge in [-0.05, 0) is 248 Å². The van der Waals surface area contributed by atoms with Crippen LogP contribution in [0, 0.1) is 41.5 Å². The molecule has 26 nitrogen and oxygen atoms in total. The molecule has 0 radical (unpaired) electrons. The molecular weight excluding hydrogens is 1850 g/mol. The molecule has 0 unspecified atom stereocenters. The number of allylic oxidation sites excluding steroid dienone is 8. The SMILES string of the molecule is C=CCOC(=O)N1c2cc(C)c(C)cc2C(=O)N2C=C(/C=C/C)C[C@H]2[C@@H]1O.C=CCOC(=O)N1c2cc(C)c(C)cc2C(=O)N2C=C(/C=C/C)C[C@H]2[C@@H]1O[Si](C)(C)C(C)(C)C.C=CCOC(=O)N1c2cc(O)c(C)cc2C(=O)N2C=C(/C=C/C)C[C@H]2[C@@H]1O[Si](C)(C)C(C)(C)C.C=CCOC(=O)N1c2cc(OCCCI)c(C)cc2C(=O)N2C=C(/C=C/C)C[C@H]2[C@@H]1O[Si](C)(C)C(C)(C)C. The molecule has 2 N–H and O–H groups in total. The summed E-state index contributed by atoms with van der Waals surface area (Å²) in [5.74, 6) is -0.159. The Bertz CT molecular complexity index is 5220. The lowest BCUT2D eigenvalue weighted by Gasteiger charge is -2.44. The van der Waals surface area contributed by atoms with Gasteiger partial charge in [-0.25, -0.2) is 38.8 Å². The second-order valence-electron chi connectivity index (χ2n) is 39.0. The maximum Gasteiger partial charge on any atom is 0.416 e. The fraction of sp³-hybridized carbons (Fsp3) is 0.456. The van der Waals surface area contributed by atoms with Crippen molar-refractivity contribution in [2.24, 2.45) is 0 Å². The summed E-state index contributed by atoms with van der Waals surface area (Å²) in [4.78, 5) is 121. The predicted molar refractivity (Wildman–Crippen MR) is 543 cm³/mol. The van der Waals surface area contributed by atoms with Crippen molar-refractivity contribution < 1.29 is 85.5 Å². The quantitative estimate of drug-likeness (QED) is 0.0185. The molecule has 718 valence electrons. The van der Waals surface area contributed by atoms with Crippen molar-refractivity contribution in [3.8, 4) is 11.5 Å². The van der Waals surface area contributed by atoms with E-state index in [1.807, 2.05) is 148 Å². The number of hydrogen-bond donors (Lipinski definition) is 2. The number of aromatic hydroxyl groups is 1. The maximum atomic E-state index is 14.1. The smallest absolute Gasteiger partial charge is 0.416 e. The summed E-state index contributed by atoms with van der Waals surface area (Å²) in [5.41, 5.74) is 12.3. The van der Waals surface area contributed by atoms with Crippen LogP contribution in [0.3, 0.4) is 0 Å². The summed E-state index contributed by atoms with van der Waals surface area (Å²) in [6.07, 6.45) is 26.1. The van der Waals surface area contributed by atoms with Crippen LogP contribution < -0.4 is 24.3 Å². The molecule has 0 spiro atoms. The maximum absolute atomic E-state index is 14.1. The summed E-state index contributed by atoms with van der Waals surface area (Å²) >= 11 is 2.32. The van der Waals surface area contributed by atoms with Crippen LogP contribution in [0.25, 0.3) is 0 Å². The molecule has 30 heteroatoms. The Morgan fingerprint density at radius 2 is 0.669 bits per heavy atom. The molecule has 0 fully saturated rings. The van der Waals surface area contributed by atoms with Crippen molar-refractivity contribution in [1.29, 1.82) is 0 Å². The lowest BCUT2D eigenvalue weighted by molar-refractivity contribution is 0.0557. The van der Waals surface area contributed by atoms with E-state index in [0.717, 1.165) is 61.0 Å². The first-order valence-electron chi connectivity index (χ1n) is 45.4. The molecule has 12 rings (SSSR count). The number of hydrogen-bond acceptors (Lipinski definition) is 18. The number of anilines is 4. The van der Waals surface area contributed by atoms with Crippen LogP contribution in [-0.2, 0) is 32.2 Å². The summed E-state index contributed by atoms with van der Waals surface area (Å²) < 4.78 is 49.7.